The number of fused-ring (bicyclic) bond motifs is 1. The van der Waals surface area contributed by atoms with Crippen LogP contribution in [0.5, 0.6) is 0 Å². The smallest absolute Gasteiger partial charge is 0.353 e. The molecule has 158 valence electrons. The van der Waals surface area contributed by atoms with Gasteiger partial charge in [-0.2, -0.15) is 0 Å². The number of aliphatic hydroxyl groups excluding tert-OH is 2. The minimum atomic E-state index is -1.12. The number of hydrogen-bond acceptors (Lipinski definition) is 7. The quantitative estimate of drug-likeness (QED) is 0.434. The molecule has 0 aromatic rings. The number of carbonyl (C=O) groups is 3. The zero-order valence-corrected chi connectivity index (χ0v) is 17.6. The number of hydrogen-bond donors (Lipinski definition) is 4. The summed E-state index contributed by atoms with van der Waals surface area (Å²) in [7, 11) is 4.42. The van der Waals surface area contributed by atoms with E-state index in [0.29, 0.717) is 17.9 Å². The molecule has 3 aliphatic heterocycles. The van der Waals surface area contributed by atoms with Crippen LogP contribution in [0, 0.1) is 11.8 Å². The van der Waals surface area contributed by atoms with Crippen molar-refractivity contribution < 1.29 is 29.7 Å². The lowest BCUT2D eigenvalue weighted by Gasteiger charge is -2.46. The molecule has 6 atom stereocenters. The number of thioether (sulfide) groups is 1. The second kappa shape index (κ2) is 8.81. The van der Waals surface area contributed by atoms with Crippen molar-refractivity contribution in [3.8, 4) is 0 Å². The highest BCUT2D eigenvalue weighted by Gasteiger charge is 2.60. The van der Waals surface area contributed by atoms with Crippen molar-refractivity contribution in [2.24, 2.45) is 11.8 Å². The lowest BCUT2D eigenvalue weighted by Crippen LogP contribution is -2.63. The lowest BCUT2D eigenvalue weighted by atomic mass is 9.79. The molecule has 0 spiro atoms. The zero-order valence-electron chi connectivity index (χ0n) is 16.7. The van der Waals surface area contributed by atoms with E-state index in [9.17, 15) is 24.6 Å². The summed E-state index contributed by atoms with van der Waals surface area (Å²) in [5.74, 6) is -2.14. The fourth-order valence-corrected chi connectivity index (χ4v) is 5.63. The molecule has 0 aromatic heterocycles. The molecule has 1 unspecified atom stereocenters. The zero-order chi connectivity index (χ0) is 21.3. The Labute approximate surface area is 168 Å². The number of aliphatic hydroxyl groups is 2. The Bertz CT molecular complexity index is 680. The average molecular weight is 416 g/mol. The SMILES string of the molecule is CC(O)[C@H]1C(=O)N2C(C(=O)O)=C(S[C@@H]3CN[C@H](C(=O)N(C)C)C3)[C@H](C)[C@H]12.CO. The molecule has 28 heavy (non-hydrogen) atoms. The molecule has 3 heterocycles. The van der Waals surface area contributed by atoms with Crippen LogP contribution < -0.4 is 5.32 Å². The summed E-state index contributed by atoms with van der Waals surface area (Å²) >= 11 is 1.45. The molecule has 3 aliphatic rings. The van der Waals surface area contributed by atoms with Crippen molar-refractivity contribution in [2.75, 3.05) is 27.7 Å². The van der Waals surface area contributed by atoms with E-state index in [1.54, 1.807) is 25.9 Å². The minimum Gasteiger partial charge on any atom is -0.477 e. The van der Waals surface area contributed by atoms with Gasteiger partial charge >= 0.3 is 5.97 Å². The minimum absolute atomic E-state index is 0.00757. The highest BCUT2D eigenvalue weighted by atomic mass is 32.2. The number of nitrogens with one attached hydrogen (secondary N) is 1. The van der Waals surface area contributed by atoms with Gasteiger partial charge in [-0.05, 0) is 13.3 Å². The molecular weight excluding hydrogens is 386 g/mol. The van der Waals surface area contributed by atoms with Gasteiger partial charge in [-0.15, -0.1) is 11.8 Å². The highest BCUT2D eigenvalue weighted by Crippen LogP contribution is 2.51. The van der Waals surface area contributed by atoms with Gasteiger partial charge in [0.05, 0.1) is 24.1 Å². The molecule has 2 fully saturated rings. The van der Waals surface area contributed by atoms with E-state index < -0.39 is 18.0 Å². The molecule has 0 aromatic carbocycles. The molecule has 0 saturated carbocycles. The summed E-state index contributed by atoms with van der Waals surface area (Å²) in [5, 5.41) is 29.8. The van der Waals surface area contributed by atoms with Crippen LogP contribution in [0.4, 0.5) is 0 Å². The van der Waals surface area contributed by atoms with Crippen molar-refractivity contribution in [1.29, 1.82) is 0 Å². The average Bonchev–Trinajstić information content (AvgIpc) is 3.18. The first-order valence-electron chi connectivity index (χ1n) is 9.19. The van der Waals surface area contributed by atoms with Gasteiger partial charge in [-0.3, -0.25) is 9.59 Å². The van der Waals surface area contributed by atoms with E-state index in [4.69, 9.17) is 5.11 Å². The Kier molecular flexibility index (Phi) is 7.13. The number of rotatable bonds is 5. The standard InChI is InChI=1S/C17H25N3O5S.CH4O/c1-7-12-11(8(2)21)16(23)20(12)13(17(24)25)14(7)26-9-5-10(18-6-9)15(22)19(3)4;1-2/h7-12,18,21H,5-6H2,1-4H3,(H,24,25);2H,1H3/t7-,8?,9+,10+,11-,12-;/m1./s1. The molecule has 0 aliphatic carbocycles. The maximum Gasteiger partial charge on any atom is 0.353 e. The van der Waals surface area contributed by atoms with E-state index in [0.717, 1.165) is 7.11 Å². The number of β-lactam (4-membered cyclic amide) rings is 1. The number of amides is 2. The summed E-state index contributed by atoms with van der Waals surface area (Å²) in [4.78, 5) is 39.8. The summed E-state index contributed by atoms with van der Waals surface area (Å²) in [6, 6.07) is -0.568. The third-order valence-electron chi connectivity index (χ3n) is 5.43. The molecule has 0 radical (unpaired) electrons. The van der Waals surface area contributed by atoms with E-state index >= 15 is 0 Å². The molecule has 10 heteroatoms. The van der Waals surface area contributed by atoms with Crippen LogP contribution in [0.3, 0.4) is 0 Å². The maximum atomic E-state index is 12.3. The van der Waals surface area contributed by atoms with Crippen LogP contribution in [-0.2, 0) is 14.4 Å². The first-order valence-corrected chi connectivity index (χ1v) is 10.1. The van der Waals surface area contributed by atoms with Crippen LogP contribution in [0.15, 0.2) is 10.6 Å². The number of aliphatic carboxylic acids is 1. The Balaban J connectivity index is 0.00000136. The van der Waals surface area contributed by atoms with E-state index in [-0.39, 0.29) is 40.8 Å². The van der Waals surface area contributed by atoms with Crippen molar-refractivity contribution >= 4 is 29.5 Å². The Morgan fingerprint density at radius 3 is 2.43 bits per heavy atom. The third-order valence-corrected chi connectivity index (χ3v) is 6.95. The van der Waals surface area contributed by atoms with Gasteiger partial charge < -0.3 is 30.4 Å². The molecule has 0 bridgehead atoms. The fourth-order valence-electron chi connectivity index (χ4n) is 4.15. The number of carboxylic acids is 1. The molecule has 2 saturated heterocycles. The van der Waals surface area contributed by atoms with Crippen molar-refractivity contribution in [3.05, 3.63) is 10.6 Å². The Hall–Kier alpha value is -1.62. The highest BCUT2D eigenvalue weighted by molar-refractivity contribution is 8.03. The Morgan fingerprint density at radius 2 is 1.93 bits per heavy atom. The van der Waals surface area contributed by atoms with Gasteiger partial charge in [-0.1, -0.05) is 6.92 Å². The number of carbonyl (C=O) groups excluding carboxylic acids is 2. The lowest BCUT2D eigenvalue weighted by molar-refractivity contribution is -0.163. The number of nitrogens with zero attached hydrogens (tertiary/aromatic N) is 2. The van der Waals surface area contributed by atoms with Gasteiger partial charge in [0.15, 0.2) is 0 Å². The van der Waals surface area contributed by atoms with Gasteiger partial charge in [0.2, 0.25) is 11.8 Å². The topological polar surface area (TPSA) is 130 Å². The summed E-state index contributed by atoms with van der Waals surface area (Å²) in [5.41, 5.74) is 0.0387. The van der Waals surface area contributed by atoms with Gasteiger partial charge in [0.1, 0.15) is 5.70 Å². The summed E-state index contributed by atoms with van der Waals surface area (Å²) < 4.78 is 0. The third kappa shape index (κ3) is 3.78. The van der Waals surface area contributed by atoms with E-state index in [1.807, 2.05) is 6.92 Å². The fraction of sp³-hybridized carbons (Fsp3) is 0.722. The van der Waals surface area contributed by atoms with Crippen molar-refractivity contribution in [2.45, 2.75) is 43.7 Å². The summed E-state index contributed by atoms with van der Waals surface area (Å²) in [6.45, 7) is 4.08. The monoisotopic (exact) mass is 415 g/mol. The molecule has 3 rings (SSSR count). The second-order valence-corrected chi connectivity index (χ2v) is 8.78. The molecular formula is C18H29N3O6S. The van der Waals surface area contributed by atoms with Crippen LogP contribution >= 0.6 is 11.8 Å². The van der Waals surface area contributed by atoms with E-state index in [1.165, 1.54) is 16.7 Å². The predicted molar refractivity (Wildman–Crippen MR) is 104 cm³/mol. The first kappa shape index (κ1) is 22.7. The van der Waals surface area contributed by atoms with Crippen molar-refractivity contribution in [3.63, 3.8) is 0 Å². The number of carboxylic acid groups (broad SMARTS) is 1. The van der Waals surface area contributed by atoms with E-state index in [2.05, 4.69) is 5.32 Å². The molecule has 9 nitrogen and oxygen atoms in total. The van der Waals surface area contributed by atoms with Crippen LogP contribution in [0.2, 0.25) is 0 Å². The second-order valence-electron chi connectivity index (χ2n) is 7.44. The first-order chi connectivity index (χ1) is 13.1. The van der Waals surface area contributed by atoms with Crippen LogP contribution in [0.25, 0.3) is 0 Å². The van der Waals surface area contributed by atoms with Crippen molar-refractivity contribution in [1.82, 2.24) is 15.1 Å². The van der Waals surface area contributed by atoms with Gasteiger partial charge in [-0.25, -0.2) is 4.79 Å². The van der Waals surface area contributed by atoms with Crippen LogP contribution in [-0.4, -0.2) is 94.1 Å². The predicted octanol–water partition coefficient (Wildman–Crippen LogP) is -0.699. The van der Waals surface area contributed by atoms with Gasteiger partial charge in [0, 0.05) is 43.8 Å². The molecule has 4 N–H and O–H groups in total. The number of likely N-dealkylation sites (N-methyl/N-ethyl adjacent to an activating group) is 1. The maximum absolute atomic E-state index is 12.3. The largest absolute Gasteiger partial charge is 0.477 e. The summed E-state index contributed by atoms with van der Waals surface area (Å²) in [6.07, 6.45) is -0.190. The van der Waals surface area contributed by atoms with Crippen LogP contribution in [0.1, 0.15) is 20.3 Å². The Morgan fingerprint density at radius 1 is 1.32 bits per heavy atom. The molecule has 2 amide bonds. The normalized spacial score (nSPS) is 32.3. The van der Waals surface area contributed by atoms with Gasteiger partial charge in [0.25, 0.3) is 0 Å².